The molecule has 3 nitrogen and oxygen atoms in total. The molecule has 16 heavy (non-hydrogen) atoms. The summed E-state index contributed by atoms with van der Waals surface area (Å²) in [7, 11) is 4.75. The summed E-state index contributed by atoms with van der Waals surface area (Å²) in [5.41, 5.74) is 1.61. The number of methoxy groups -OCH3 is 3. The molecule has 0 aliphatic carbocycles. The Hall–Kier alpha value is -1.35. The van der Waals surface area contributed by atoms with Crippen molar-refractivity contribution in [2.24, 2.45) is 0 Å². The Bertz CT molecular complexity index is 388. The van der Waals surface area contributed by atoms with Gasteiger partial charge in [-0.05, 0) is 11.6 Å². The molecule has 0 N–H and O–H groups in total. The minimum atomic E-state index is 0.339. The average molecular weight is 243 g/mol. The summed E-state index contributed by atoms with van der Waals surface area (Å²) in [5.74, 6) is 2.25. The van der Waals surface area contributed by atoms with Gasteiger partial charge in [-0.25, -0.2) is 0 Å². The summed E-state index contributed by atoms with van der Waals surface area (Å²) in [6, 6.07) is 3.56. The number of rotatable bonds is 5. The minimum Gasteiger partial charge on any atom is -0.496 e. The molecule has 0 saturated heterocycles. The lowest BCUT2D eigenvalue weighted by Crippen LogP contribution is -1.97. The third kappa shape index (κ3) is 2.42. The van der Waals surface area contributed by atoms with Gasteiger partial charge >= 0.3 is 0 Å². The van der Waals surface area contributed by atoms with E-state index in [0.29, 0.717) is 23.1 Å². The zero-order valence-corrected chi connectivity index (χ0v) is 10.4. The number of hydrogen-bond acceptors (Lipinski definition) is 3. The Balaban J connectivity index is 3.31. The first-order valence-corrected chi connectivity index (χ1v) is 5.25. The Morgan fingerprint density at radius 3 is 2.00 bits per heavy atom. The van der Waals surface area contributed by atoms with Crippen LogP contribution in [-0.2, 0) is 0 Å². The van der Waals surface area contributed by atoms with Crippen LogP contribution in [0.1, 0.15) is 5.56 Å². The second kappa shape index (κ2) is 5.66. The highest BCUT2D eigenvalue weighted by Crippen LogP contribution is 2.37. The van der Waals surface area contributed by atoms with Gasteiger partial charge in [0.1, 0.15) is 5.75 Å². The van der Waals surface area contributed by atoms with Crippen molar-refractivity contribution < 1.29 is 14.2 Å². The zero-order valence-electron chi connectivity index (χ0n) is 9.67. The van der Waals surface area contributed by atoms with Crippen LogP contribution in [0.15, 0.2) is 18.7 Å². The zero-order chi connectivity index (χ0) is 12.1. The number of halogens is 1. The fourth-order valence-electron chi connectivity index (χ4n) is 1.38. The van der Waals surface area contributed by atoms with Crippen molar-refractivity contribution >= 4 is 17.2 Å². The summed E-state index contributed by atoms with van der Waals surface area (Å²) in [6.07, 6.45) is 0. The molecule has 0 heterocycles. The maximum atomic E-state index is 5.76. The van der Waals surface area contributed by atoms with Gasteiger partial charge in [0.2, 0.25) is 0 Å². The second-order valence-electron chi connectivity index (χ2n) is 3.14. The summed E-state index contributed by atoms with van der Waals surface area (Å²) >= 11 is 5.76. The maximum Gasteiger partial charge on any atom is 0.164 e. The first kappa shape index (κ1) is 12.7. The van der Waals surface area contributed by atoms with Crippen molar-refractivity contribution in [3.05, 3.63) is 24.3 Å². The van der Waals surface area contributed by atoms with E-state index in [0.717, 1.165) is 11.1 Å². The minimum absolute atomic E-state index is 0.339. The molecular weight excluding hydrogens is 228 g/mol. The van der Waals surface area contributed by atoms with Gasteiger partial charge < -0.3 is 14.2 Å². The highest BCUT2D eigenvalue weighted by molar-refractivity contribution is 6.23. The molecule has 0 fully saturated rings. The quantitative estimate of drug-likeness (QED) is 0.743. The largest absolute Gasteiger partial charge is 0.496 e. The maximum absolute atomic E-state index is 5.76. The highest BCUT2D eigenvalue weighted by atomic mass is 35.5. The molecule has 0 unspecified atom stereocenters. The van der Waals surface area contributed by atoms with Crippen molar-refractivity contribution in [1.82, 2.24) is 0 Å². The summed E-state index contributed by atoms with van der Waals surface area (Å²) in [5, 5.41) is 0. The summed E-state index contributed by atoms with van der Waals surface area (Å²) in [4.78, 5) is 0. The fourth-order valence-corrected chi connectivity index (χ4v) is 1.52. The van der Waals surface area contributed by atoms with Crippen LogP contribution in [0.2, 0.25) is 0 Å². The van der Waals surface area contributed by atoms with Crippen LogP contribution in [0.5, 0.6) is 17.2 Å². The average Bonchev–Trinajstić information content (AvgIpc) is 2.35. The number of benzene rings is 1. The lowest BCUT2D eigenvalue weighted by Gasteiger charge is -2.14. The van der Waals surface area contributed by atoms with Gasteiger partial charge in [0.25, 0.3) is 0 Å². The van der Waals surface area contributed by atoms with Crippen molar-refractivity contribution in [2.45, 2.75) is 0 Å². The lowest BCUT2D eigenvalue weighted by atomic mass is 10.1. The third-order valence-electron chi connectivity index (χ3n) is 2.25. The monoisotopic (exact) mass is 242 g/mol. The second-order valence-corrected chi connectivity index (χ2v) is 3.41. The first-order valence-electron chi connectivity index (χ1n) is 4.72. The standard InChI is InChI=1S/C12H15ClO3/c1-8(7-13)9-5-11(15-3)12(16-4)6-10(9)14-2/h5-6H,1,7H2,2-4H3. The molecule has 0 saturated carbocycles. The SMILES string of the molecule is C=C(CCl)c1cc(OC)c(OC)cc1OC. The summed E-state index contributed by atoms with van der Waals surface area (Å²) in [6.45, 7) is 3.87. The van der Waals surface area contributed by atoms with Crippen LogP contribution in [0.3, 0.4) is 0 Å². The van der Waals surface area contributed by atoms with Gasteiger partial charge in [-0.1, -0.05) is 6.58 Å². The Morgan fingerprint density at radius 1 is 1.06 bits per heavy atom. The normalized spacial score (nSPS) is 9.75. The first-order chi connectivity index (χ1) is 7.67. The predicted molar refractivity (Wildman–Crippen MR) is 65.9 cm³/mol. The predicted octanol–water partition coefficient (Wildman–Crippen LogP) is 2.96. The molecular formula is C12H15ClO3. The van der Waals surface area contributed by atoms with Crippen molar-refractivity contribution in [2.75, 3.05) is 27.2 Å². The van der Waals surface area contributed by atoms with Crippen LogP contribution in [0.4, 0.5) is 0 Å². The molecule has 0 spiro atoms. The van der Waals surface area contributed by atoms with E-state index in [2.05, 4.69) is 6.58 Å². The van der Waals surface area contributed by atoms with Gasteiger partial charge in [0, 0.05) is 17.5 Å². The molecule has 0 radical (unpaired) electrons. The highest BCUT2D eigenvalue weighted by Gasteiger charge is 2.13. The Morgan fingerprint density at radius 2 is 1.56 bits per heavy atom. The molecule has 88 valence electrons. The topological polar surface area (TPSA) is 27.7 Å². The van der Waals surface area contributed by atoms with Crippen LogP contribution in [0.25, 0.3) is 5.57 Å². The third-order valence-corrected chi connectivity index (χ3v) is 2.57. The number of alkyl halides is 1. The van der Waals surface area contributed by atoms with Gasteiger partial charge in [-0.3, -0.25) is 0 Å². The van der Waals surface area contributed by atoms with E-state index in [4.69, 9.17) is 25.8 Å². The van der Waals surface area contributed by atoms with Crippen LogP contribution in [-0.4, -0.2) is 27.2 Å². The van der Waals surface area contributed by atoms with E-state index in [1.807, 2.05) is 6.07 Å². The van der Waals surface area contributed by atoms with Crippen LogP contribution in [0, 0.1) is 0 Å². The fraction of sp³-hybridized carbons (Fsp3) is 0.333. The molecule has 0 bridgehead atoms. The molecule has 0 aliphatic heterocycles. The van der Waals surface area contributed by atoms with Gasteiger partial charge in [0.15, 0.2) is 11.5 Å². The van der Waals surface area contributed by atoms with E-state index in [1.54, 1.807) is 27.4 Å². The number of allylic oxidation sites excluding steroid dienone is 1. The van der Waals surface area contributed by atoms with E-state index in [-0.39, 0.29) is 0 Å². The van der Waals surface area contributed by atoms with E-state index < -0.39 is 0 Å². The molecule has 1 aromatic carbocycles. The molecule has 1 rings (SSSR count). The van der Waals surface area contributed by atoms with Crippen molar-refractivity contribution in [3.8, 4) is 17.2 Å². The Kier molecular flexibility index (Phi) is 4.50. The Labute approximate surface area is 101 Å². The molecule has 0 atom stereocenters. The van der Waals surface area contributed by atoms with Crippen molar-refractivity contribution in [3.63, 3.8) is 0 Å². The number of ether oxygens (including phenoxy) is 3. The smallest absolute Gasteiger partial charge is 0.164 e. The van der Waals surface area contributed by atoms with Gasteiger partial charge in [0.05, 0.1) is 21.3 Å². The molecule has 0 aromatic heterocycles. The lowest BCUT2D eigenvalue weighted by molar-refractivity contribution is 0.348. The number of hydrogen-bond donors (Lipinski definition) is 0. The van der Waals surface area contributed by atoms with E-state index in [1.165, 1.54) is 0 Å². The van der Waals surface area contributed by atoms with Crippen LogP contribution < -0.4 is 14.2 Å². The molecule has 0 amide bonds. The molecule has 4 heteroatoms. The van der Waals surface area contributed by atoms with Gasteiger partial charge in [-0.15, -0.1) is 11.6 Å². The van der Waals surface area contributed by atoms with E-state index in [9.17, 15) is 0 Å². The van der Waals surface area contributed by atoms with Gasteiger partial charge in [-0.2, -0.15) is 0 Å². The van der Waals surface area contributed by atoms with Crippen LogP contribution >= 0.6 is 11.6 Å². The molecule has 1 aromatic rings. The van der Waals surface area contributed by atoms with E-state index >= 15 is 0 Å². The molecule has 0 aliphatic rings. The van der Waals surface area contributed by atoms with Crippen molar-refractivity contribution in [1.29, 1.82) is 0 Å². The summed E-state index contributed by atoms with van der Waals surface area (Å²) < 4.78 is 15.6.